The second-order valence-electron chi connectivity index (χ2n) is 6.48. The van der Waals surface area contributed by atoms with Gasteiger partial charge in [0.25, 0.3) is 0 Å². The van der Waals surface area contributed by atoms with Crippen molar-refractivity contribution in [3.8, 4) is 0 Å². The summed E-state index contributed by atoms with van der Waals surface area (Å²) in [5.74, 6) is 0.0303. The smallest absolute Gasteiger partial charge is 0.237 e. The lowest BCUT2D eigenvalue weighted by Crippen LogP contribution is -2.49. The van der Waals surface area contributed by atoms with Crippen LogP contribution in [0.3, 0.4) is 0 Å². The fourth-order valence-corrected chi connectivity index (χ4v) is 2.28. The zero-order valence-corrected chi connectivity index (χ0v) is 13.2. The highest BCUT2D eigenvalue weighted by Crippen LogP contribution is 2.18. The Morgan fingerprint density at radius 1 is 1.10 bits per heavy atom. The summed E-state index contributed by atoms with van der Waals surface area (Å²) in [6.07, 6.45) is 0. The summed E-state index contributed by atoms with van der Waals surface area (Å²) in [5.41, 5.74) is 1.01. The van der Waals surface area contributed by atoms with Gasteiger partial charge in [0.15, 0.2) is 0 Å². The van der Waals surface area contributed by atoms with Crippen LogP contribution in [0.25, 0.3) is 10.8 Å². The van der Waals surface area contributed by atoms with Crippen LogP contribution in [0.15, 0.2) is 42.5 Å². The minimum Gasteiger partial charge on any atom is -0.350 e. The SMILES string of the molecule is CC(NCc1cccc2ccccc12)C(=O)NC(C)(C)C. The van der Waals surface area contributed by atoms with Crippen molar-refractivity contribution >= 4 is 16.7 Å². The number of fused-ring (bicyclic) bond motifs is 1. The van der Waals surface area contributed by atoms with Crippen molar-refractivity contribution in [2.24, 2.45) is 0 Å². The van der Waals surface area contributed by atoms with E-state index in [1.54, 1.807) is 0 Å². The number of benzene rings is 2. The zero-order chi connectivity index (χ0) is 15.5. The number of carbonyl (C=O) groups is 1. The first-order valence-electron chi connectivity index (χ1n) is 7.39. The van der Waals surface area contributed by atoms with E-state index in [-0.39, 0.29) is 17.5 Å². The van der Waals surface area contributed by atoms with Crippen molar-refractivity contribution in [1.82, 2.24) is 10.6 Å². The molecule has 0 aliphatic rings. The van der Waals surface area contributed by atoms with Crippen molar-refractivity contribution in [1.29, 1.82) is 0 Å². The van der Waals surface area contributed by atoms with Gasteiger partial charge in [-0.3, -0.25) is 4.79 Å². The molecule has 2 N–H and O–H groups in total. The number of nitrogens with one attached hydrogen (secondary N) is 2. The van der Waals surface area contributed by atoms with Crippen molar-refractivity contribution < 1.29 is 4.79 Å². The Kier molecular flexibility index (Phi) is 4.63. The predicted octanol–water partition coefficient (Wildman–Crippen LogP) is 3.23. The molecule has 0 aromatic heterocycles. The van der Waals surface area contributed by atoms with Crippen LogP contribution in [-0.2, 0) is 11.3 Å². The van der Waals surface area contributed by atoms with Gasteiger partial charge in [0.05, 0.1) is 6.04 Å². The molecule has 0 aliphatic carbocycles. The van der Waals surface area contributed by atoms with Gasteiger partial charge in [-0.2, -0.15) is 0 Å². The number of amides is 1. The maximum Gasteiger partial charge on any atom is 0.237 e. The van der Waals surface area contributed by atoms with Crippen LogP contribution in [0.2, 0.25) is 0 Å². The fourth-order valence-electron chi connectivity index (χ4n) is 2.28. The van der Waals surface area contributed by atoms with Crippen molar-refractivity contribution in [3.05, 3.63) is 48.0 Å². The number of carbonyl (C=O) groups excluding carboxylic acids is 1. The zero-order valence-electron chi connectivity index (χ0n) is 13.2. The molecule has 0 aliphatic heterocycles. The molecule has 0 heterocycles. The molecular weight excluding hydrogens is 260 g/mol. The third-order valence-corrected chi connectivity index (χ3v) is 3.37. The second-order valence-corrected chi connectivity index (χ2v) is 6.48. The van der Waals surface area contributed by atoms with E-state index >= 15 is 0 Å². The van der Waals surface area contributed by atoms with Gasteiger partial charge in [-0.25, -0.2) is 0 Å². The highest BCUT2D eigenvalue weighted by molar-refractivity contribution is 5.86. The topological polar surface area (TPSA) is 41.1 Å². The first kappa shape index (κ1) is 15.5. The standard InChI is InChI=1S/C18H24N2O/c1-13(17(21)20-18(2,3)4)19-12-15-10-7-9-14-8-5-6-11-16(14)15/h5-11,13,19H,12H2,1-4H3,(H,20,21). The van der Waals surface area contributed by atoms with E-state index in [1.807, 2.05) is 39.8 Å². The van der Waals surface area contributed by atoms with E-state index in [2.05, 4.69) is 41.0 Å². The van der Waals surface area contributed by atoms with Gasteiger partial charge >= 0.3 is 0 Å². The van der Waals surface area contributed by atoms with Gasteiger partial charge in [0.1, 0.15) is 0 Å². The lowest BCUT2D eigenvalue weighted by Gasteiger charge is -2.23. The van der Waals surface area contributed by atoms with E-state index in [0.717, 1.165) is 0 Å². The van der Waals surface area contributed by atoms with Gasteiger partial charge in [-0.05, 0) is 44.0 Å². The Balaban J connectivity index is 2.03. The molecule has 2 aromatic rings. The van der Waals surface area contributed by atoms with Gasteiger partial charge in [0.2, 0.25) is 5.91 Å². The second kappa shape index (κ2) is 6.27. The van der Waals surface area contributed by atoms with Crippen LogP contribution in [0, 0.1) is 0 Å². The number of hydrogen-bond donors (Lipinski definition) is 2. The van der Waals surface area contributed by atoms with Crippen LogP contribution in [0.4, 0.5) is 0 Å². The van der Waals surface area contributed by atoms with Crippen LogP contribution < -0.4 is 10.6 Å². The summed E-state index contributed by atoms with van der Waals surface area (Å²) in [6, 6.07) is 14.3. The summed E-state index contributed by atoms with van der Waals surface area (Å²) in [4.78, 5) is 12.1. The van der Waals surface area contributed by atoms with E-state index in [9.17, 15) is 4.79 Å². The van der Waals surface area contributed by atoms with Crippen LogP contribution in [-0.4, -0.2) is 17.5 Å². The summed E-state index contributed by atoms with van der Waals surface area (Å²) in [6.45, 7) is 8.54. The Bertz CT molecular complexity index is 623. The van der Waals surface area contributed by atoms with Gasteiger partial charge in [-0.1, -0.05) is 42.5 Å². The van der Waals surface area contributed by atoms with Gasteiger partial charge in [0, 0.05) is 12.1 Å². The molecule has 2 aromatic carbocycles. The average Bonchev–Trinajstić information content (AvgIpc) is 2.42. The van der Waals surface area contributed by atoms with E-state index in [4.69, 9.17) is 0 Å². The molecule has 3 heteroatoms. The monoisotopic (exact) mass is 284 g/mol. The molecule has 0 fully saturated rings. The van der Waals surface area contributed by atoms with Gasteiger partial charge in [-0.15, -0.1) is 0 Å². The lowest BCUT2D eigenvalue weighted by atomic mass is 10.0. The Morgan fingerprint density at radius 2 is 1.76 bits per heavy atom. The molecule has 1 amide bonds. The highest BCUT2D eigenvalue weighted by Gasteiger charge is 2.18. The number of rotatable bonds is 4. The van der Waals surface area contributed by atoms with Crippen LogP contribution >= 0.6 is 0 Å². The lowest BCUT2D eigenvalue weighted by molar-refractivity contribution is -0.124. The molecule has 0 saturated heterocycles. The first-order valence-corrected chi connectivity index (χ1v) is 7.39. The molecule has 1 unspecified atom stereocenters. The van der Waals surface area contributed by atoms with Gasteiger partial charge < -0.3 is 10.6 Å². The molecule has 0 saturated carbocycles. The van der Waals surface area contributed by atoms with E-state index in [0.29, 0.717) is 6.54 Å². The first-order chi connectivity index (χ1) is 9.87. The molecule has 0 radical (unpaired) electrons. The van der Waals surface area contributed by atoms with Crippen molar-refractivity contribution in [2.45, 2.75) is 45.8 Å². The summed E-state index contributed by atoms with van der Waals surface area (Å²) < 4.78 is 0. The third kappa shape index (κ3) is 4.30. The van der Waals surface area contributed by atoms with Crippen LogP contribution in [0.5, 0.6) is 0 Å². The molecule has 3 nitrogen and oxygen atoms in total. The summed E-state index contributed by atoms with van der Waals surface area (Å²) >= 11 is 0. The molecule has 1 atom stereocenters. The molecule has 0 bridgehead atoms. The van der Waals surface area contributed by atoms with E-state index in [1.165, 1.54) is 16.3 Å². The van der Waals surface area contributed by atoms with Crippen molar-refractivity contribution in [3.63, 3.8) is 0 Å². The van der Waals surface area contributed by atoms with E-state index < -0.39 is 0 Å². The Morgan fingerprint density at radius 3 is 2.48 bits per heavy atom. The largest absolute Gasteiger partial charge is 0.350 e. The Hall–Kier alpha value is -1.87. The summed E-state index contributed by atoms with van der Waals surface area (Å²) in [5, 5.41) is 8.75. The molecular formula is C18H24N2O. The minimum atomic E-state index is -0.219. The minimum absolute atomic E-state index is 0.0303. The predicted molar refractivity (Wildman–Crippen MR) is 88.1 cm³/mol. The fraction of sp³-hybridized carbons (Fsp3) is 0.389. The quantitative estimate of drug-likeness (QED) is 0.905. The third-order valence-electron chi connectivity index (χ3n) is 3.37. The molecule has 21 heavy (non-hydrogen) atoms. The normalized spacial score (nSPS) is 13.1. The Labute approximate surface area is 126 Å². The highest BCUT2D eigenvalue weighted by atomic mass is 16.2. The van der Waals surface area contributed by atoms with Crippen molar-refractivity contribution in [2.75, 3.05) is 0 Å². The maximum absolute atomic E-state index is 12.1. The molecule has 0 spiro atoms. The average molecular weight is 284 g/mol. The maximum atomic E-state index is 12.1. The van der Waals surface area contributed by atoms with Crippen LogP contribution in [0.1, 0.15) is 33.3 Å². The summed E-state index contributed by atoms with van der Waals surface area (Å²) in [7, 11) is 0. The molecule has 2 rings (SSSR count). The molecule has 112 valence electrons. The number of hydrogen-bond acceptors (Lipinski definition) is 2.